The Morgan fingerprint density at radius 1 is 1.24 bits per heavy atom. The number of benzene rings is 1. The van der Waals surface area contributed by atoms with Crippen LogP contribution >= 0.6 is 0 Å². The zero-order valence-electron chi connectivity index (χ0n) is 10.2. The fourth-order valence-corrected chi connectivity index (χ4v) is 1.45. The van der Waals surface area contributed by atoms with Crippen LogP contribution in [0.3, 0.4) is 0 Å². The summed E-state index contributed by atoms with van der Waals surface area (Å²) in [4.78, 5) is 0. The lowest BCUT2D eigenvalue weighted by molar-refractivity contribution is 0.283. The van der Waals surface area contributed by atoms with Crippen LogP contribution in [0.5, 0.6) is 5.75 Å². The third kappa shape index (κ3) is 6.09. The highest BCUT2D eigenvalue weighted by Gasteiger charge is 1.95. The third-order valence-electron chi connectivity index (χ3n) is 2.38. The van der Waals surface area contributed by atoms with Gasteiger partial charge in [0, 0.05) is 13.2 Å². The predicted octanol–water partition coefficient (Wildman–Crippen LogP) is 2.11. The van der Waals surface area contributed by atoms with Crippen LogP contribution in [-0.4, -0.2) is 24.9 Å². The quantitative estimate of drug-likeness (QED) is 0.509. The van der Waals surface area contributed by atoms with Gasteiger partial charge in [0.2, 0.25) is 0 Å². The molecule has 0 bridgehead atoms. The normalized spacial score (nSPS) is 10.2. The van der Waals surface area contributed by atoms with Crippen molar-refractivity contribution in [3.05, 3.63) is 42.5 Å². The first-order valence-corrected chi connectivity index (χ1v) is 6.01. The van der Waals surface area contributed by atoms with Crippen molar-refractivity contribution in [2.75, 3.05) is 19.8 Å². The van der Waals surface area contributed by atoms with E-state index in [0.29, 0.717) is 6.61 Å². The summed E-state index contributed by atoms with van der Waals surface area (Å²) in [5.74, 6) is 0.869. The number of hydrogen-bond donors (Lipinski definition) is 2. The first kappa shape index (κ1) is 13.7. The van der Waals surface area contributed by atoms with Crippen LogP contribution < -0.4 is 10.1 Å². The van der Waals surface area contributed by atoms with Crippen LogP contribution in [0, 0.1) is 0 Å². The maximum atomic E-state index is 8.64. The van der Waals surface area contributed by atoms with E-state index in [2.05, 4.69) is 24.0 Å². The van der Waals surface area contributed by atoms with Crippen LogP contribution in [0.25, 0.3) is 0 Å². The van der Waals surface area contributed by atoms with Gasteiger partial charge in [-0.25, -0.2) is 0 Å². The van der Waals surface area contributed by atoms with Crippen LogP contribution in [-0.2, 0) is 6.54 Å². The van der Waals surface area contributed by atoms with Gasteiger partial charge in [-0.05, 0) is 37.1 Å². The lowest BCUT2D eigenvalue weighted by Gasteiger charge is -2.06. The molecular formula is C14H21NO2. The van der Waals surface area contributed by atoms with Crippen LogP contribution in [0.15, 0.2) is 36.9 Å². The highest BCUT2D eigenvalue weighted by atomic mass is 16.5. The molecule has 3 heteroatoms. The summed E-state index contributed by atoms with van der Waals surface area (Å²) in [7, 11) is 0. The average Bonchev–Trinajstić information content (AvgIpc) is 2.37. The van der Waals surface area contributed by atoms with Gasteiger partial charge in [-0.3, -0.25) is 0 Å². The highest BCUT2D eigenvalue weighted by molar-refractivity contribution is 5.27. The number of unbranched alkanes of at least 4 members (excludes halogenated alkanes) is 1. The lowest BCUT2D eigenvalue weighted by atomic mass is 10.2. The minimum atomic E-state index is 0.275. The molecule has 0 amide bonds. The van der Waals surface area contributed by atoms with Crippen molar-refractivity contribution in [1.82, 2.24) is 5.32 Å². The molecular weight excluding hydrogens is 214 g/mol. The highest BCUT2D eigenvalue weighted by Crippen LogP contribution is 2.11. The van der Waals surface area contributed by atoms with Gasteiger partial charge in [0.1, 0.15) is 12.4 Å². The van der Waals surface area contributed by atoms with Gasteiger partial charge < -0.3 is 15.2 Å². The molecule has 2 N–H and O–H groups in total. The Balaban J connectivity index is 2.23. The maximum Gasteiger partial charge on any atom is 0.119 e. The van der Waals surface area contributed by atoms with E-state index in [1.165, 1.54) is 5.56 Å². The van der Waals surface area contributed by atoms with E-state index < -0.39 is 0 Å². The van der Waals surface area contributed by atoms with Crippen molar-refractivity contribution >= 4 is 0 Å². The number of aliphatic hydroxyl groups is 1. The zero-order chi connectivity index (χ0) is 12.3. The van der Waals surface area contributed by atoms with Gasteiger partial charge in [0.05, 0.1) is 0 Å². The molecule has 94 valence electrons. The van der Waals surface area contributed by atoms with Crippen molar-refractivity contribution in [2.45, 2.75) is 19.4 Å². The Labute approximate surface area is 103 Å². The Morgan fingerprint density at radius 2 is 2.00 bits per heavy atom. The molecule has 0 heterocycles. The van der Waals surface area contributed by atoms with Gasteiger partial charge in [-0.1, -0.05) is 24.8 Å². The Hall–Kier alpha value is -1.32. The molecule has 0 unspecified atom stereocenters. The standard InChI is InChI=1S/C14H21NO2/c1-2-11-17-14-7-5-13(6-8-14)12-15-9-3-4-10-16/h2,5-8,15-16H,1,3-4,9-12H2. The molecule has 1 aromatic rings. The minimum Gasteiger partial charge on any atom is -0.490 e. The number of nitrogens with one attached hydrogen (secondary N) is 1. The SMILES string of the molecule is C=CCOc1ccc(CNCCCCO)cc1. The summed E-state index contributed by atoms with van der Waals surface area (Å²) < 4.78 is 5.40. The van der Waals surface area contributed by atoms with Crippen molar-refractivity contribution in [3.63, 3.8) is 0 Å². The summed E-state index contributed by atoms with van der Waals surface area (Å²) >= 11 is 0. The van der Waals surface area contributed by atoms with E-state index in [0.717, 1.165) is 31.7 Å². The van der Waals surface area contributed by atoms with Gasteiger partial charge in [-0.15, -0.1) is 0 Å². The number of ether oxygens (including phenoxy) is 1. The molecule has 0 aliphatic heterocycles. The predicted molar refractivity (Wildman–Crippen MR) is 70.2 cm³/mol. The van der Waals surface area contributed by atoms with E-state index in [1.807, 2.05) is 12.1 Å². The van der Waals surface area contributed by atoms with E-state index in [-0.39, 0.29) is 6.61 Å². The second-order valence-corrected chi connectivity index (χ2v) is 3.85. The molecule has 0 aliphatic rings. The number of aliphatic hydroxyl groups excluding tert-OH is 1. The zero-order valence-corrected chi connectivity index (χ0v) is 10.2. The van der Waals surface area contributed by atoms with Gasteiger partial charge in [0.25, 0.3) is 0 Å². The summed E-state index contributed by atoms with van der Waals surface area (Å²) in [6.45, 7) is 6.21. The average molecular weight is 235 g/mol. The topological polar surface area (TPSA) is 41.5 Å². The molecule has 0 fully saturated rings. The summed E-state index contributed by atoms with van der Waals surface area (Å²) in [6, 6.07) is 8.04. The Bertz CT molecular complexity index is 309. The van der Waals surface area contributed by atoms with Crippen LogP contribution in [0.2, 0.25) is 0 Å². The molecule has 0 aromatic heterocycles. The Morgan fingerprint density at radius 3 is 2.65 bits per heavy atom. The van der Waals surface area contributed by atoms with Gasteiger partial charge in [0.15, 0.2) is 0 Å². The minimum absolute atomic E-state index is 0.275. The fraction of sp³-hybridized carbons (Fsp3) is 0.429. The molecule has 0 atom stereocenters. The summed E-state index contributed by atoms with van der Waals surface area (Å²) in [5.41, 5.74) is 1.24. The number of hydrogen-bond acceptors (Lipinski definition) is 3. The van der Waals surface area contributed by atoms with E-state index in [1.54, 1.807) is 6.08 Å². The summed E-state index contributed by atoms with van der Waals surface area (Å²) in [5, 5.41) is 12.0. The third-order valence-corrected chi connectivity index (χ3v) is 2.38. The molecule has 0 saturated heterocycles. The van der Waals surface area contributed by atoms with E-state index >= 15 is 0 Å². The second kappa shape index (κ2) is 8.79. The van der Waals surface area contributed by atoms with Crippen LogP contribution in [0.1, 0.15) is 18.4 Å². The lowest BCUT2D eigenvalue weighted by Crippen LogP contribution is -2.14. The van der Waals surface area contributed by atoms with Crippen molar-refractivity contribution < 1.29 is 9.84 Å². The molecule has 1 aromatic carbocycles. The molecule has 0 aliphatic carbocycles. The smallest absolute Gasteiger partial charge is 0.119 e. The maximum absolute atomic E-state index is 8.64. The van der Waals surface area contributed by atoms with Crippen molar-refractivity contribution in [2.24, 2.45) is 0 Å². The first-order chi connectivity index (χ1) is 8.36. The molecule has 0 saturated carbocycles. The largest absolute Gasteiger partial charge is 0.490 e. The summed E-state index contributed by atoms with van der Waals surface area (Å²) in [6.07, 6.45) is 3.61. The molecule has 0 spiro atoms. The van der Waals surface area contributed by atoms with Gasteiger partial charge in [-0.2, -0.15) is 0 Å². The molecule has 1 rings (SSSR count). The number of rotatable bonds is 9. The monoisotopic (exact) mass is 235 g/mol. The molecule has 3 nitrogen and oxygen atoms in total. The van der Waals surface area contributed by atoms with Crippen molar-refractivity contribution in [3.8, 4) is 5.75 Å². The van der Waals surface area contributed by atoms with E-state index in [9.17, 15) is 0 Å². The fourth-order valence-electron chi connectivity index (χ4n) is 1.45. The van der Waals surface area contributed by atoms with Crippen molar-refractivity contribution in [1.29, 1.82) is 0 Å². The molecule has 0 radical (unpaired) electrons. The Kier molecular flexibility index (Phi) is 7.11. The van der Waals surface area contributed by atoms with Crippen LogP contribution in [0.4, 0.5) is 0 Å². The van der Waals surface area contributed by atoms with E-state index in [4.69, 9.17) is 9.84 Å². The molecule has 17 heavy (non-hydrogen) atoms. The second-order valence-electron chi connectivity index (χ2n) is 3.85. The first-order valence-electron chi connectivity index (χ1n) is 6.01. The van der Waals surface area contributed by atoms with Gasteiger partial charge >= 0.3 is 0 Å².